The van der Waals surface area contributed by atoms with Crippen LogP contribution in [0.15, 0.2) is 18.5 Å². The zero-order valence-electron chi connectivity index (χ0n) is 11.5. The highest BCUT2D eigenvalue weighted by molar-refractivity contribution is 5.34. The molecule has 7 heteroatoms. The van der Waals surface area contributed by atoms with Gasteiger partial charge in [-0.25, -0.2) is 14.6 Å². The van der Waals surface area contributed by atoms with Gasteiger partial charge in [-0.3, -0.25) is 4.40 Å². The Balaban J connectivity index is 1.88. The average Bonchev–Trinajstić information content (AvgIpc) is 2.97. The van der Waals surface area contributed by atoms with Crippen molar-refractivity contribution in [2.75, 3.05) is 6.61 Å². The molecular formula is C13H16N6O. The maximum absolute atomic E-state index is 8.87. The quantitative estimate of drug-likeness (QED) is 0.749. The van der Waals surface area contributed by atoms with Crippen molar-refractivity contribution in [1.29, 1.82) is 0 Å². The predicted molar refractivity (Wildman–Crippen MR) is 72.4 cm³/mol. The Labute approximate surface area is 115 Å². The van der Waals surface area contributed by atoms with Crippen molar-refractivity contribution in [2.45, 2.75) is 26.8 Å². The lowest BCUT2D eigenvalue weighted by molar-refractivity contribution is 0.298. The van der Waals surface area contributed by atoms with Gasteiger partial charge in [-0.2, -0.15) is 0 Å². The molecule has 104 valence electrons. The fraction of sp³-hybridized carbons (Fsp3) is 0.385. The van der Waals surface area contributed by atoms with E-state index in [0.29, 0.717) is 18.7 Å². The minimum Gasteiger partial charge on any atom is -0.396 e. The van der Waals surface area contributed by atoms with Gasteiger partial charge in [-0.1, -0.05) is 5.21 Å². The van der Waals surface area contributed by atoms with Crippen molar-refractivity contribution in [3.05, 3.63) is 41.2 Å². The van der Waals surface area contributed by atoms with Crippen LogP contribution in [0.5, 0.6) is 0 Å². The zero-order valence-corrected chi connectivity index (χ0v) is 11.5. The van der Waals surface area contributed by atoms with Gasteiger partial charge in [-0.15, -0.1) is 5.10 Å². The molecule has 0 saturated carbocycles. The summed E-state index contributed by atoms with van der Waals surface area (Å²) in [6.07, 6.45) is 4.31. The number of imidazole rings is 1. The van der Waals surface area contributed by atoms with Crippen LogP contribution in [0.1, 0.15) is 22.8 Å². The molecule has 0 amide bonds. The fourth-order valence-electron chi connectivity index (χ4n) is 2.21. The van der Waals surface area contributed by atoms with E-state index in [1.165, 1.54) is 0 Å². The molecule has 0 fully saturated rings. The molecule has 3 rings (SSSR count). The monoisotopic (exact) mass is 272 g/mol. The second-order valence-electron chi connectivity index (χ2n) is 4.82. The van der Waals surface area contributed by atoms with Gasteiger partial charge in [0.1, 0.15) is 0 Å². The Kier molecular flexibility index (Phi) is 3.19. The summed E-state index contributed by atoms with van der Waals surface area (Å²) in [5.74, 6) is 0.702. The SMILES string of the molecule is Cc1cc(C)n2cc(Cn3cc(CCO)nn3)nc2n1. The van der Waals surface area contributed by atoms with Crippen molar-refractivity contribution in [3.8, 4) is 0 Å². The highest BCUT2D eigenvalue weighted by Crippen LogP contribution is 2.09. The lowest BCUT2D eigenvalue weighted by atomic mass is 10.3. The van der Waals surface area contributed by atoms with Crippen LogP contribution in [0.3, 0.4) is 0 Å². The molecule has 0 aliphatic rings. The Morgan fingerprint density at radius 2 is 2.00 bits per heavy atom. The molecular weight excluding hydrogens is 256 g/mol. The van der Waals surface area contributed by atoms with E-state index in [2.05, 4.69) is 20.3 Å². The number of hydrogen-bond acceptors (Lipinski definition) is 5. The molecule has 0 aliphatic heterocycles. The number of nitrogens with zero attached hydrogens (tertiary/aromatic N) is 6. The van der Waals surface area contributed by atoms with Crippen molar-refractivity contribution in [2.24, 2.45) is 0 Å². The van der Waals surface area contributed by atoms with Crippen LogP contribution in [-0.2, 0) is 13.0 Å². The summed E-state index contributed by atoms with van der Waals surface area (Å²) in [7, 11) is 0. The first-order chi connectivity index (χ1) is 9.65. The van der Waals surface area contributed by atoms with Crippen LogP contribution >= 0.6 is 0 Å². The van der Waals surface area contributed by atoms with Crippen LogP contribution in [0.4, 0.5) is 0 Å². The van der Waals surface area contributed by atoms with Gasteiger partial charge in [0.15, 0.2) is 0 Å². The molecule has 3 heterocycles. The molecule has 0 aromatic carbocycles. The third-order valence-electron chi connectivity index (χ3n) is 3.09. The van der Waals surface area contributed by atoms with Crippen LogP contribution in [0.25, 0.3) is 5.78 Å². The van der Waals surface area contributed by atoms with Gasteiger partial charge in [0, 0.05) is 36.8 Å². The molecule has 0 radical (unpaired) electrons. The largest absolute Gasteiger partial charge is 0.396 e. The summed E-state index contributed by atoms with van der Waals surface area (Å²) >= 11 is 0. The first kappa shape index (κ1) is 12.7. The molecule has 0 aliphatic carbocycles. The van der Waals surface area contributed by atoms with Gasteiger partial charge in [0.05, 0.1) is 17.9 Å². The number of aromatic nitrogens is 6. The second kappa shape index (κ2) is 5.01. The molecule has 0 saturated heterocycles. The summed E-state index contributed by atoms with van der Waals surface area (Å²) < 4.78 is 3.68. The highest BCUT2D eigenvalue weighted by Gasteiger charge is 2.07. The second-order valence-corrected chi connectivity index (χ2v) is 4.82. The van der Waals surface area contributed by atoms with E-state index in [1.54, 1.807) is 4.68 Å². The smallest absolute Gasteiger partial charge is 0.234 e. The standard InChI is InChI=1S/C13H16N6O/c1-9-5-10(2)19-8-12(15-13(19)14-9)7-18-6-11(3-4-20)16-17-18/h5-6,8,20H,3-4,7H2,1-2H3. The van der Waals surface area contributed by atoms with E-state index < -0.39 is 0 Å². The molecule has 1 N–H and O–H groups in total. The Hall–Kier alpha value is -2.28. The number of hydrogen-bond donors (Lipinski definition) is 1. The number of rotatable bonds is 4. The normalized spacial score (nSPS) is 11.3. The molecule has 0 atom stereocenters. The summed E-state index contributed by atoms with van der Waals surface area (Å²) in [6, 6.07) is 2.02. The molecule has 0 unspecified atom stereocenters. The number of aliphatic hydroxyl groups is 1. The van der Waals surface area contributed by atoms with Crippen LogP contribution < -0.4 is 0 Å². The summed E-state index contributed by atoms with van der Waals surface area (Å²) in [6.45, 7) is 4.61. The molecule has 20 heavy (non-hydrogen) atoms. The number of fused-ring (bicyclic) bond motifs is 1. The summed E-state index contributed by atoms with van der Waals surface area (Å²) in [4.78, 5) is 8.91. The molecule has 0 spiro atoms. The average molecular weight is 272 g/mol. The molecule has 0 bridgehead atoms. The van der Waals surface area contributed by atoms with Gasteiger partial charge in [0.2, 0.25) is 5.78 Å². The van der Waals surface area contributed by atoms with Gasteiger partial charge < -0.3 is 5.11 Å². The third kappa shape index (κ3) is 2.39. The summed E-state index contributed by atoms with van der Waals surface area (Å²) in [5.41, 5.74) is 3.72. The van der Waals surface area contributed by atoms with Gasteiger partial charge >= 0.3 is 0 Å². The maximum Gasteiger partial charge on any atom is 0.234 e. The first-order valence-electron chi connectivity index (χ1n) is 6.48. The topological polar surface area (TPSA) is 81.1 Å². The van der Waals surface area contributed by atoms with Crippen molar-refractivity contribution >= 4 is 5.78 Å². The minimum atomic E-state index is 0.0788. The Morgan fingerprint density at radius 3 is 2.80 bits per heavy atom. The molecule has 3 aromatic heterocycles. The van der Waals surface area contributed by atoms with E-state index in [0.717, 1.165) is 22.8 Å². The van der Waals surface area contributed by atoms with Gasteiger partial charge in [-0.05, 0) is 19.9 Å². The Morgan fingerprint density at radius 1 is 1.15 bits per heavy atom. The zero-order chi connectivity index (χ0) is 14.1. The Bertz CT molecular complexity index is 744. The van der Waals surface area contributed by atoms with Crippen molar-refractivity contribution in [1.82, 2.24) is 29.4 Å². The van der Waals surface area contributed by atoms with E-state index in [-0.39, 0.29) is 6.61 Å². The van der Waals surface area contributed by atoms with Crippen LogP contribution in [0, 0.1) is 13.8 Å². The van der Waals surface area contributed by atoms with E-state index in [9.17, 15) is 0 Å². The maximum atomic E-state index is 8.87. The molecule has 3 aromatic rings. The fourth-order valence-corrected chi connectivity index (χ4v) is 2.21. The van der Waals surface area contributed by atoms with E-state index in [1.807, 2.05) is 36.7 Å². The lowest BCUT2D eigenvalue weighted by Gasteiger charge is -1.98. The predicted octanol–water partition coefficient (Wildman–Crippen LogP) is 0.521. The summed E-state index contributed by atoms with van der Waals surface area (Å²) in [5, 5.41) is 16.9. The van der Waals surface area contributed by atoms with E-state index in [4.69, 9.17) is 5.11 Å². The van der Waals surface area contributed by atoms with Crippen LogP contribution in [0.2, 0.25) is 0 Å². The van der Waals surface area contributed by atoms with Gasteiger partial charge in [0.25, 0.3) is 0 Å². The minimum absolute atomic E-state index is 0.0788. The first-order valence-corrected chi connectivity index (χ1v) is 6.48. The lowest BCUT2D eigenvalue weighted by Crippen LogP contribution is -2.00. The van der Waals surface area contributed by atoms with Crippen molar-refractivity contribution < 1.29 is 5.11 Å². The molecule has 7 nitrogen and oxygen atoms in total. The van der Waals surface area contributed by atoms with Crippen molar-refractivity contribution in [3.63, 3.8) is 0 Å². The van der Waals surface area contributed by atoms with E-state index >= 15 is 0 Å². The third-order valence-corrected chi connectivity index (χ3v) is 3.09. The highest BCUT2D eigenvalue weighted by atomic mass is 16.3. The number of aryl methyl sites for hydroxylation is 2. The van der Waals surface area contributed by atoms with Crippen LogP contribution in [-0.4, -0.2) is 41.1 Å². The number of aliphatic hydroxyl groups excluding tert-OH is 1.